The van der Waals surface area contributed by atoms with Gasteiger partial charge in [0.25, 0.3) is 0 Å². The van der Waals surface area contributed by atoms with Gasteiger partial charge in [-0.15, -0.1) is 0 Å². The van der Waals surface area contributed by atoms with Crippen molar-refractivity contribution in [2.75, 3.05) is 26.4 Å². The molecule has 10 heteroatoms. The first-order valence-electron chi connectivity index (χ1n) is 14.4. The summed E-state index contributed by atoms with van der Waals surface area (Å²) < 4.78 is 25.9. The molecule has 0 aromatic carbocycles. The number of amides is 1. The van der Waals surface area contributed by atoms with Crippen molar-refractivity contribution in [2.45, 2.75) is 84.2 Å². The second-order valence-electron chi connectivity index (χ2n) is 9.08. The van der Waals surface area contributed by atoms with E-state index in [1.165, 1.54) is 6.92 Å². The summed E-state index contributed by atoms with van der Waals surface area (Å²) in [7, 11) is -4.38. The largest absolute Gasteiger partial charge is 0.472 e. The highest BCUT2D eigenvalue weighted by molar-refractivity contribution is 7.47. The minimum Gasteiger partial charge on any atom is -0.463 e. The van der Waals surface area contributed by atoms with Crippen LogP contribution in [0, 0.1) is 0 Å². The Kier molecular flexibility index (Phi) is 25.9. The van der Waals surface area contributed by atoms with E-state index in [1.807, 2.05) is 0 Å². The second-order valence-corrected chi connectivity index (χ2v) is 10.5. The van der Waals surface area contributed by atoms with Crippen molar-refractivity contribution in [1.29, 1.82) is 0 Å². The van der Waals surface area contributed by atoms with Crippen molar-refractivity contribution in [3.05, 3.63) is 72.9 Å². The van der Waals surface area contributed by atoms with Crippen molar-refractivity contribution >= 4 is 19.7 Å². The molecule has 0 heterocycles. The van der Waals surface area contributed by atoms with Crippen LogP contribution in [0.2, 0.25) is 0 Å². The third kappa shape index (κ3) is 30.2. The van der Waals surface area contributed by atoms with E-state index < -0.39 is 26.5 Å². The van der Waals surface area contributed by atoms with Crippen LogP contribution in [0.5, 0.6) is 0 Å². The summed E-state index contributed by atoms with van der Waals surface area (Å²) in [6.07, 6.45) is 33.1. The summed E-state index contributed by atoms with van der Waals surface area (Å²) in [5.41, 5.74) is 0. The first-order valence-corrected chi connectivity index (χ1v) is 15.9. The lowest BCUT2D eigenvalue weighted by atomic mass is 10.2. The molecule has 1 amide bonds. The summed E-state index contributed by atoms with van der Waals surface area (Å²) in [5.74, 6) is -0.751. The fourth-order valence-electron chi connectivity index (χ4n) is 3.09. The Balaban J connectivity index is 3.71. The number of nitrogens with one attached hydrogen (secondary N) is 1. The molecule has 41 heavy (non-hydrogen) atoms. The molecule has 0 saturated heterocycles. The number of hydrogen-bond donors (Lipinski definition) is 3. The van der Waals surface area contributed by atoms with Gasteiger partial charge in [0.15, 0.2) is 0 Å². The molecule has 0 aromatic heterocycles. The Morgan fingerprint density at radius 1 is 0.780 bits per heavy atom. The molecule has 0 spiro atoms. The Morgan fingerprint density at radius 2 is 1.29 bits per heavy atom. The molecule has 0 fully saturated rings. The molecule has 232 valence electrons. The van der Waals surface area contributed by atoms with Gasteiger partial charge in [0.2, 0.25) is 5.91 Å². The van der Waals surface area contributed by atoms with E-state index in [4.69, 9.17) is 4.74 Å². The van der Waals surface area contributed by atoms with Gasteiger partial charge in [-0.2, -0.15) is 0 Å². The van der Waals surface area contributed by atoms with E-state index in [0.717, 1.165) is 51.4 Å². The summed E-state index contributed by atoms with van der Waals surface area (Å²) in [5, 5.41) is 12.2. The molecule has 2 unspecified atom stereocenters. The Bertz CT molecular complexity index is 908. The van der Waals surface area contributed by atoms with Crippen molar-refractivity contribution in [3.63, 3.8) is 0 Å². The zero-order valence-corrected chi connectivity index (χ0v) is 25.6. The topological polar surface area (TPSA) is 131 Å². The highest BCUT2D eigenvalue weighted by Gasteiger charge is 2.23. The Hall–Kier alpha value is -2.55. The van der Waals surface area contributed by atoms with E-state index >= 15 is 0 Å². The molecule has 0 aliphatic rings. The molecule has 0 bridgehead atoms. The molecule has 0 saturated carbocycles. The monoisotopic (exact) mass is 595 g/mol. The van der Waals surface area contributed by atoms with Gasteiger partial charge in [0.1, 0.15) is 12.7 Å². The number of unbranched alkanes of at least 4 members (excludes halogenated alkanes) is 2. The van der Waals surface area contributed by atoms with E-state index in [9.17, 15) is 24.2 Å². The number of esters is 1. The molecular formula is C31H50NO8P. The van der Waals surface area contributed by atoms with E-state index in [-0.39, 0.29) is 32.1 Å². The summed E-state index contributed by atoms with van der Waals surface area (Å²) in [4.78, 5) is 32.0. The van der Waals surface area contributed by atoms with Gasteiger partial charge < -0.3 is 20.1 Å². The van der Waals surface area contributed by atoms with E-state index in [2.05, 4.69) is 94.2 Å². The zero-order chi connectivity index (χ0) is 30.4. The molecule has 0 aliphatic carbocycles. The van der Waals surface area contributed by atoms with Gasteiger partial charge in [-0.25, -0.2) is 4.57 Å². The average Bonchev–Trinajstić information content (AvgIpc) is 2.94. The molecular weight excluding hydrogens is 545 g/mol. The highest BCUT2D eigenvalue weighted by atomic mass is 31.2. The number of rotatable bonds is 25. The predicted molar refractivity (Wildman–Crippen MR) is 164 cm³/mol. The molecule has 0 radical (unpaired) electrons. The number of aliphatic hydroxyl groups is 1. The van der Waals surface area contributed by atoms with Crippen LogP contribution in [-0.2, 0) is 27.9 Å². The normalized spacial score (nSPS) is 14.7. The van der Waals surface area contributed by atoms with Crippen LogP contribution in [0.25, 0.3) is 0 Å². The number of allylic oxidation sites excluding steroid dienone is 12. The number of carbonyl (C=O) groups is 2. The highest BCUT2D eigenvalue weighted by Crippen LogP contribution is 2.42. The molecule has 9 nitrogen and oxygen atoms in total. The lowest BCUT2D eigenvalue weighted by Gasteiger charge is -2.15. The number of phosphoric acid groups is 1. The van der Waals surface area contributed by atoms with Gasteiger partial charge in [-0.1, -0.05) is 79.8 Å². The van der Waals surface area contributed by atoms with Crippen molar-refractivity contribution in [3.8, 4) is 0 Å². The standard InChI is InChI=1S/C31H50NO8P/c1-3-4-5-6-7-8-9-10-11-12-13-14-15-16-17-18-19-20-21-22-23-24-31(35)38-27-30(34)28-40-41(36,37)39-26-25-32-29(2)33/h4-5,7-8,10-11,13-14,16-17,19-20,30,34H,3,6,9,12,15,18,21-28H2,1-2H3,(H,32,33)(H,36,37)/b5-4-,8-7-,11-10-,14-13-,17-16-,20-19-. The van der Waals surface area contributed by atoms with Gasteiger partial charge in [0.05, 0.1) is 13.2 Å². The smallest absolute Gasteiger partial charge is 0.463 e. The maximum Gasteiger partial charge on any atom is 0.472 e. The summed E-state index contributed by atoms with van der Waals surface area (Å²) in [6.45, 7) is 2.38. The summed E-state index contributed by atoms with van der Waals surface area (Å²) >= 11 is 0. The van der Waals surface area contributed by atoms with E-state index in [1.54, 1.807) is 0 Å². The number of carbonyl (C=O) groups excluding carboxylic acids is 2. The minimum absolute atomic E-state index is 0.0451. The Labute approximate surface area is 246 Å². The molecule has 0 rings (SSSR count). The first kappa shape index (κ1) is 38.5. The number of hydrogen-bond acceptors (Lipinski definition) is 7. The van der Waals surface area contributed by atoms with Crippen molar-refractivity contribution < 1.29 is 37.9 Å². The number of ether oxygens (including phenoxy) is 1. The predicted octanol–water partition coefficient (Wildman–Crippen LogP) is 6.42. The minimum atomic E-state index is -4.38. The van der Waals surface area contributed by atoms with Crippen LogP contribution in [0.4, 0.5) is 0 Å². The summed E-state index contributed by atoms with van der Waals surface area (Å²) in [6, 6.07) is 0. The van der Waals surface area contributed by atoms with Crippen LogP contribution in [0.3, 0.4) is 0 Å². The second kappa shape index (κ2) is 27.6. The zero-order valence-electron chi connectivity index (χ0n) is 24.7. The van der Waals surface area contributed by atoms with Crippen LogP contribution < -0.4 is 5.32 Å². The molecule has 0 aliphatic heterocycles. The number of aliphatic hydroxyl groups excluding tert-OH is 1. The third-order valence-corrected chi connectivity index (χ3v) is 6.18. The quantitative estimate of drug-likeness (QED) is 0.0477. The molecule has 3 N–H and O–H groups in total. The fraction of sp³-hybridized carbons (Fsp3) is 0.548. The van der Waals surface area contributed by atoms with E-state index in [0.29, 0.717) is 6.42 Å². The fourth-order valence-corrected chi connectivity index (χ4v) is 3.84. The van der Waals surface area contributed by atoms with Crippen LogP contribution in [-0.4, -0.2) is 54.3 Å². The first-order chi connectivity index (χ1) is 19.8. The van der Waals surface area contributed by atoms with Crippen molar-refractivity contribution in [2.24, 2.45) is 0 Å². The molecule has 2 atom stereocenters. The lowest BCUT2D eigenvalue weighted by Crippen LogP contribution is -2.25. The maximum atomic E-state index is 11.8. The number of phosphoric ester groups is 1. The molecule has 0 aromatic rings. The van der Waals surface area contributed by atoms with Crippen LogP contribution in [0.1, 0.15) is 78.1 Å². The average molecular weight is 596 g/mol. The van der Waals surface area contributed by atoms with Crippen molar-refractivity contribution in [1.82, 2.24) is 5.32 Å². The third-order valence-electron chi connectivity index (χ3n) is 5.20. The van der Waals surface area contributed by atoms with Gasteiger partial charge >= 0.3 is 13.8 Å². The van der Waals surface area contributed by atoms with Gasteiger partial charge in [-0.3, -0.25) is 18.6 Å². The van der Waals surface area contributed by atoms with Crippen LogP contribution in [0.15, 0.2) is 72.9 Å². The Morgan fingerprint density at radius 3 is 1.80 bits per heavy atom. The van der Waals surface area contributed by atoms with Crippen LogP contribution >= 0.6 is 7.82 Å². The lowest BCUT2D eigenvalue weighted by molar-refractivity contribution is -0.147. The van der Waals surface area contributed by atoms with Gasteiger partial charge in [0, 0.05) is 19.9 Å². The SMILES string of the molecule is CC/C=C\C/C=C\C/C=C\C/C=C\C/C=C\C/C=C\CCCCC(=O)OCC(O)COP(=O)(O)OCCNC(C)=O. The van der Waals surface area contributed by atoms with Gasteiger partial charge in [-0.05, 0) is 57.8 Å². The maximum absolute atomic E-state index is 11.8.